The van der Waals surface area contributed by atoms with Crippen LogP contribution in [0.5, 0.6) is 5.75 Å². The monoisotopic (exact) mass is 439 g/mol. The van der Waals surface area contributed by atoms with Crippen LogP contribution in [0, 0.1) is 0 Å². The van der Waals surface area contributed by atoms with Crippen LogP contribution in [-0.4, -0.2) is 39.6 Å². The average Bonchev–Trinajstić information content (AvgIpc) is 3.22. The van der Waals surface area contributed by atoms with Crippen LogP contribution >= 0.6 is 0 Å². The quantitative estimate of drug-likeness (QED) is 0.412. The Kier molecular flexibility index (Phi) is 6.11. The molecule has 33 heavy (non-hydrogen) atoms. The lowest BCUT2D eigenvalue weighted by molar-refractivity contribution is -0.139. The van der Waals surface area contributed by atoms with Crippen molar-refractivity contribution in [3.05, 3.63) is 96.3 Å². The van der Waals surface area contributed by atoms with Crippen LogP contribution in [0.15, 0.2) is 84.9 Å². The van der Waals surface area contributed by atoms with Crippen molar-refractivity contribution in [2.24, 2.45) is 0 Å². The van der Waals surface area contributed by atoms with E-state index >= 15 is 0 Å². The first-order valence-corrected chi connectivity index (χ1v) is 11.7. The molecule has 0 bridgehead atoms. The Morgan fingerprint density at radius 2 is 1.58 bits per heavy atom. The van der Waals surface area contributed by atoms with E-state index in [-0.39, 0.29) is 5.91 Å². The number of hydrogen-bond acceptors (Lipinski definition) is 3. The van der Waals surface area contributed by atoms with Gasteiger partial charge in [-0.05, 0) is 49.6 Å². The number of nitrogens with zero attached hydrogens (tertiary/aromatic N) is 3. The smallest absolute Gasteiger partial charge is 0.263 e. The maximum absolute atomic E-state index is 13.0. The Balaban J connectivity index is 1.31. The zero-order chi connectivity index (χ0) is 22.6. The molecule has 0 radical (unpaired) electrons. The largest absolute Gasteiger partial charge is 0.481 e. The minimum Gasteiger partial charge on any atom is -0.481 e. The van der Waals surface area contributed by atoms with Gasteiger partial charge in [0.05, 0.1) is 11.0 Å². The zero-order valence-electron chi connectivity index (χ0n) is 18.9. The number of fused-ring (bicyclic) bond motifs is 1. The van der Waals surface area contributed by atoms with Gasteiger partial charge in [0.1, 0.15) is 11.6 Å². The Bertz CT molecular complexity index is 1210. The van der Waals surface area contributed by atoms with E-state index in [4.69, 9.17) is 9.72 Å². The molecule has 1 atom stereocenters. The van der Waals surface area contributed by atoms with E-state index < -0.39 is 6.10 Å². The van der Waals surface area contributed by atoms with E-state index in [9.17, 15) is 4.79 Å². The first kappa shape index (κ1) is 21.3. The second kappa shape index (κ2) is 9.49. The summed E-state index contributed by atoms with van der Waals surface area (Å²) in [4.78, 5) is 19.9. The molecule has 0 saturated carbocycles. The molecule has 0 aliphatic carbocycles. The third-order valence-electron chi connectivity index (χ3n) is 6.42. The first-order valence-electron chi connectivity index (χ1n) is 11.7. The van der Waals surface area contributed by atoms with Crippen molar-refractivity contribution < 1.29 is 9.53 Å². The molecule has 5 heteroatoms. The van der Waals surface area contributed by atoms with Gasteiger partial charge in [-0.15, -0.1) is 0 Å². The van der Waals surface area contributed by atoms with E-state index in [0.717, 1.165) is 49.4 Å². The lowest BCUT2D eigenvalue weighted by atomic mass is 10.0. The van der Waals surface area contributed by atoms with E-state index in [1.54, 1.807) is 0 Å². The fourth-order valence-electron chi connectivity index (χ4n) is 4.76. The number of para-hydroxylation sites is 3. The van der Waals surface area contributed by atoms with Crippen LogP contribution in [0.1, 0.15) is 37.2 Å². The highest BCUT2D eigenvalue weighted by Gasteiger charge is 2.29. The summed E-state index contributed by atoms with van der Waals surface area (Å²) in [6, 6.07) is 28.7. The van der Waals surface area contributed by atoms with Crippen LogP contribution in [0.2, 0.25) is 0 Å². The van der Waals surface area contributed by atoms with Gasteiger partial charge in [-0.2, -0.15) is 0 Å². The summed E-state index contributed by atoms with van der Waals surface area (Å²) in [5, 5.41) is 0. The van der Waals surface area contributed by atoms with Crippen LogP contribution < -0.4 is 4.74 Å². The van der Waals surface area contributed by atoms with E-state index in [1.165, 1.54) is 11.1 Å². The Labute approximate surface area is 194 Å². The Hall–Kier alpha value is -3.60. The number of hydrogen-bond donors (Lipinski definition) is 0. The number of rotatable bonds is 6. The minimum absolute atomic E-state index is 0.0531. The standard InChI is InChI=1S/C28H29N3O2/c1-21(33-24-12-6-3-7-13-24)28(32)30-18-16-23(17-19-30)31-26-15-9-8-14-25(26)29-27(31)20-22-10-4-2-5-11-22/h2-15,21,23H,16-20H2,1H3/t21-/m1/s1. The number of likely N-dealkylation sites (tertiary alicyclic amines) is 1. The van der Waals surface area contributed by atoms with Crippen molar-refractivity contribution >= 4 is 16.9 Å². The van der Waals surface area contributed by atoms with Crippen molar-refractivity contribution in [3.63, 3.8) is 0 Å². The molecular formula is C28H29N3O2. The molecule has 168 valence electrons. The molecule has 5 nitrogen and oxygen atoms in total. The van der Waals surface area contributed by atoms with Crippen LogP contribution in [0.25, 0.3) is 11.0 Å². The van der Waals surface area contributed by atoms with Crippen molar-refractivity contribution in [2.45, 2.75) is 38.3 Å². The SMILES string of the molecule is C[C@@H](Oc1ccccc1)C(=O)N1CCC(n2c(Cc3ccccc3)nc3ccccc32)CC1. The summed E-state index contributed by atoms with van der Waals surface area (Å²) in [5.74, 6) is 1.87. The van der Waals surface area contributed by atoms with Crippen molar-refractivity contribution in [2.75, 3.05) is 13.1 Å². The molecule has 5 rings (SSSR count). The molecule has 0 N–H and O–H groups in total. The number of amides is 1. The van der Waals surface area contributed by atoms with Crippen LogP contribution in [-0.2, 0) is 11.2 Å². The third kappa shape index (κ3) is 4.63. The van der Waals surface area contributed by atoms with Crippen LogP contribution in [0.4, 0.5) is 0 Å². The van der Waals surface area contributed by atoms with Gasteiger partial charge in [-0.25, -0.2) is 4.98 Å². The molecule has 3 aromatic carbocycles. The van der Waals surface area contributed by atoms with E-state index in [0.29, 0.717) is 6.04 Å². The van der Waals surface area contributed by atoms with Gasteiger partial charge in [0.15, 0.2) is 6.10 Å². The molecule has 4 aromatic rings. The minimum atomic E-state index is -0.494. The van der Waals surface area contributed by atoms with E-state index in [1.807, 2.05) is 54.3 Å². The predicted octanol–water partition coefficient (Wildman–Crippen LogP) is 5.26. The number of piperidine rings is 1. The van der Waals surface area contributed by atoms with Gasteiger partial charge in [0, 0.05) is 25.6 Å². The summed E-state index contributed by atoms with van der Waals surface area (Å²) >= 11 is 0. The van der Waals surface area contributed by atoms with Gasteiger partial charge in [-0.3, -0.25) is 4.79 Å². The highest BCUT2D eigenvalue weighted by Crippen LogP contribution is 2.30. The Morgan fingerprint density at radius 1 is 0.939 bits per heavy atom. The van der Waals surface area contributed by atoms with E-state index in [2.05, 4.69) is 47.0 Å². The number of benzene rings is 3. The summed E-state index contributed by atoms with van der Waals surface area (Å²) in [7, 11) is 0. The highest BCUT2D eigenvalue weighted by atomic mass is 16.5. The fraction of sp³-hybridized carbons (Fsp3) is 0.286. The number of aromatic nitrogens is 2. The normalized spacial score (nSPS) is 15.5. The predicted molar refractivity (Wildman–Crippen MR) is 130 cm³/mol. The molecule has 1 aliphatic heterocycles. The van der Waals surface area contributed by atoms with Gasteiger partial charge < -0.3 is 14.2 Å². The lowest BCUT2D eigenvalue weighted by Gasteiger charge is -2.35. The molecule has 1 amide bonds. The molecule has 0 unspecified atom stereocenters. The second-order valence-corrected chi connectivity index (χ2v) is 8.68. The van der Waals surface area contributed by atoms with Crippen LogP contribution in [0.3, 0.4) is 0 Å². The summed E-state index contributed by atoms with van der Waals surface area (Å²) in [6.45, 7) is 3.29. The summed E-state index contributed by atoms with van der Waals surface area (Å²) in [6.07, 6.45) is 2.13. The number of carbonyl (C=O) groups is 1. The number of carbonyl (C=O) groups excluding carboxylic acids is 1. The Morgan fingerprint density at radius 3 is 2.30 bits per heavy atom. The number of ether oxygens (including phenoxy) is 1. The van der Waals surface area contributed by atoms with Gasteiger partial charge >= 0.3 is 0 Å². The second-order valence-electron chi connectivity index (χ2n) is 8.68. The molecule has 0 spiro atoms. The van der Waals surface area contributed by atoms with Crippen molar-refractivity contribution in [1.29, 1.82) is 0 Å². The molecule has 1 saturated heterocycles. The number of imidazole rings is 1. The first-order chi connectivity index (χ1) is 16.2. The zero-order valence-corrected chi connectivity index (χ0v) is 18.9. The van der Waals surface area contributed by atoms with Gasteiger partial charge in [0.2, 0.25) is 0 Å². The topological polar surface area (TPSA) is 47.4 Å². The molecule has 2 heterocycles. The molecule has 1 aliphatic rings. The van der Waals surface area contributed by atoms with Crippen molar-refractivity contribution in [1.82, 2.24) is 14.5 Å². The lowest BCUT2D eigenvalue weighted by Crippen LogP contribution is -2.45. The van der Waals surface area contributed by atoms with Gasteiger partial charge in [0.25, 0.3) is 5.91 Å². The maximum atomic E-state index is 13.0. The molecular weight excluding hydrogens is 410 g/mol. The highest BCUT2D eigenvalue weighted by molar-refractivity contribution is 5.81. The average molecular weight is 440 g/mol. The fourth-order valence-corrected chi connectivity index (χ4v) is 4.76. The summed E-state index contributed by atoms with van der Waals surface area (Å²) < 4.78 is 8.28. The molecule has 1 aromatic heterocycles. The van der Waals surface area contributed by atoms with Crippen molar-refractivity contribution in [3.8, 4) is 5.75 Å². The summed E-state index contributed by atoms with van der Waals surface area (Å²) in [5.41, 5.74) is 3.47. The maximum Gasteiger partial charge on any atom is 0.263 e. The third-order valence-corrected chi connectivity index (χ3v) is 6.42. The molecule has 1 fully saturated rings. The van der Waals surface area contributed by atoms with Gasteiger partial charge in [-0.1, -0.05) is 60.7 Å².